The molecule has 0 aliphatic carbocycles. The number of aryl methyl sites for hydroxylation is 1. The van der Waals surface area contributed by atoms with E-state index in [-0.39, 0.29) is 12.5 Å². The van der Waals surface area contributed by atoms with Crippen LogP contribution in [0.15, 0.2) is 11.3 Å². The van der Waals surface area contributed by atoms with E-state index in [0.29, 0.717) is 12.5 Å². The number of aliphatic imine (C=N–C) groups is 1. The monoisotopic (exact) mass is 309 g/mol. The molecule has 1 amide bonds. The van der Waals surface area contributed by atoms with Gasteiger partial charge in [0.05, 0.1) is 0 Å². The Hall–Kier alpha value is -2.12. The van der Waals surface area contributed by atoms with E-state index in [1.165, 1.54) is 4.90 Å². The SMILES string of the molecule is CCCNC(=NCC(=O)N(C)C)NCCn1cnnc1CC. The molecule has 0 radical (unpaired) electrons. The Balaban J connectivity index is 2.50. The minimum Gasteiger partial charge on any atom is -0.356 e. The number of hydrogen-bond acceptors (Lipinski definition) is 4. The second-order valence-electron chi connectivity index (χ2n) is 5.10. The van der Waals surface area contributed by atoms with Crippen molar-refractivity contribution in [3.05, 3.63) is 12.2 Å². The van der Waals surface area contributed by atoms with Gasteiger partial charge >= 0.3 is 0 Å². The third kappa shape index (κ3) is 6.11. The fourth-order valence-corrected chi connectivity index (χ4v) is 1.74. The predicted octanol–water partition coefficient (Wildman–Crippen LogP) is -0.126. The zero-order chi connectivity index (χ0) is 16.4. The number of likely N-dealkylation sites (N-methyl/N-ethyl adjacent to an activating group) is 1. The lowest BCUT2D eigenvalue weighted by Crippen LogP contribution is -2.40. The number of rotatable bonds is 8. The van der Waals surface area contributed by atoms with Crippen molar-refractivity contribution in [3.8, 4) is 0 Å². The molecule has 0 fully saturated rings. The first kappa shape index (κ1) is 17.9. The van der Waals surface area contributed by atoms with Crippen LogP contribution in [-0.2, 0) is 17.8 Å². The molecule has 8 heteroatoms. The van der Waals surface area contributed by atoms with Crippen molar-refractivity contribution in [2.45, 2.75) is 33.2 Å². The van der Waals surface area contributed by atoms with Crippen LogP contribution in [-0.4, -0.2) is 65.3 Å². The zero-order valence-electron chi connectivity index (χ0n) is 14.0. The van der Waals surface area contributed by atoms with Crippen molar-refractivity contribution >= 4 is 11.9 Å². The fourth-order valence-electron chi connectivity index (χ4n) is 1.74. The van der Waals surface area contributed by atoms with Crippen LogP contribution < -0.4 is 10.6 Å². The second-order valence-corrected chi connectivity index (χ2v) is 5.10. The third-order valence-corrected chi connectivity index (χ3v) is 3.07. The van der Waals surface area contributed by atoms with Gasteiger partial charge in [0.15, 0.2) is 5.96 Å². The topological polar surface area (TPSA) is 87.4 Å². The van der Waals surface area contributed by atoms with E-state index in [0.717, 1.165) is 31.8 Å². The summed E-state index contributed by atoms with van der Waals surface area (Å²) in [6.07, 6.45) is 3.58. The normalized spacial score (nSPS) is 11.4. The molecule has 0 bridgehead atoms. The Morgan fingerprint density at radius 3 is 2.68 bits per heavy atom. The molecule has 0 unspecified atom stereocenters. The molecule has 124 valence electrons. The smallest absolute Gasteiger partial charge is 0.243 e. The number of carbonyl (C=O) groups is 1. The van der Waals surface area contributed by atoms with Crippen molar-refractivity contribution in [2.75, 3.05) is 33.7 Å². The van der Waals surface area contributed by atoms with Gasteiger partial charge in [-0.3, -0.25) is 4.79 Å². The van der Waals surface area contributed by atoms with Gasteiger partial charge in [0.25, 0.3) is 0 Å². The molecule has 1 rings (SSSR count). The summed E-state index contributed by atoms with van der Waals surface area (Å²) in [6.45, 7) is 6.53. The summed E-state index contributed by atoms with van der Waals surface area (Å²) in [4.78, 5) is 17.4. The number of nitrogens with one attached hydrogen (secondary N) is 2. The van der Waals surface area contributed by atoms with Crippen LogP contribution in [0.25, 0.3) is 0 Å². The quantitative estimate of drug-likeness (QED) is 0.516. The van der Waals surface area contributed by atoms with Gasteiger partial charge in [0.1, 0.15) is 18.7 Å². The average Bonchev–Trinajstić information content (AvgIpc) is 2.96. The lowest BCUT2D eigenvalue weighted by atomic mass is 10.4. The highest BCUT2D eigenvalue weighted by Crippen LogP contribution is 1.94. The van der Waals surface area contributed by atoms with E-state index in [9.17, 15) is 4.79 Å². The molecule has 0 aliphatic rings. The summed E-state index contributed by atoms with van der Waals surface area (Å²) >= 11 is 0. The number of nitrogens with zero attached hydrogens (tertiary/aromatic N) is 5. The number of aromatic nitrogens is 3. The highest BCUT2D eigenvalue weighted by molar-refractivity contribution is 5.84. The van der Waals surface area contributed by atoms with Gasteiger partial charge in [0, 0.05) is 40.2 Å². The fraction of sp³-hybridized carbons (Fsp3) is 0.714. The number of carbonyl (C=O) groups excluding carboxylic acids is 1. The minimum absolute atomic E-state index is 0.0234. The maximum Gasteiger partial charge on any atom is 0.243 e. The van der Waals surface area contributed by atoms with E-state index in [4.69, 9.17) is 0 Å². The molecule has 0 atom stereocenters. The van der Waals surface area contributed by atoms with E-state index in [1.807, 2.05) is 4.57 Å². The first-order valence-corrected chi connectivity index (χ1v) is 7.67. The van der Waals surface area contributed by atoms with Gasteiger partial charge in [-0.1, -0.05) is 13.8 Å². The Morgan fingerprint density at radius 1 is 1.32 bits per heavy atom. The van der Waals surface area contributed by atoms with Crippen molar-refractivity contribution < 1.29 is 4.79 Å². The van der Waals surface area contributed by atoms with Crippen molar-refractivity contribution in [1.29, 1.82) is 0 Å². The first-order chi connectivity index (χ1) is 10.6. The van der Waals surface area contributed by atoms with Gasteiger partial charge in [-0.05, 0) is 6.42 Å². The lowest BCUT2D eigenvalue weighted by molar-refractivity contribution is -0.127. The van der Waals surface area contributed by atoms with Gasteiger partial charge in [0.2, 0.25) is 5.91 Å². The van der Waals surface area contributed by atoms with Gasteiger partial charge in [-0.15, -0.1) is 10.2 Å². The highest BCUT2D eigenvalue weighted by Gasteiger charge is 2.05. The molecular formula is C14H27N7O. The second kappa shape index (κ2) is 9.75. The van der Waals surface area contributed by atoms with E-state index >= 15 is 0 Å². The molecule has 0 saturated carbocycles. The molecule has 2 N–H and O–H groups in total. The van der Waals surface area contributed by atoms with Crippen molar-refractivity contribution in [3.63, 3.8) is 0 Å². The standard InChI is InChI=1S/C14H27N7O/c1-5-7-15-14(17-10-13(22)20(3)4)16-8-9-21-11-18-19-12(21)6-2/h11H,5-10H2,1-4H3,(H2,15,16,17). The summed E-state index contributed by atoms with van der Waals surface area (Å²) in [7, 11) is 3.45. The van der Waals surface area contributed by atoms with Crippen molar-refractivity contribution in [2.24, 2.45) is 4.99 Å². The van der Waals surface area contributed by atoms with Crippen LogP contribution in [0, 0.1) is 0 Å². The molecule has 0 aromatic carbocycles. The predicted molar refractivity (Wildman–Crippen MR) is 86.7 cm³/mol. The number of hydrogen-bond donors (Lipinski definition) is 2. The Bertz CT molecular complexity index is 481. The molecule has 0 aliphatic heterocycles. The molecule has 0 saturated heterocycles. The summed E-state index contributed by atoms with van der Waals surface area (Å²) in [5.41, 5.74) is 0. The summed E-state index contributed by atoms with van der Waals surface area (Å²) in [5.74, 6) is 1.59. The third-order valence-electron chi connectivity index (χ3n) is 3.07. The zero-order valence-corrected chi connectivity index (χ0v) is 14.0. The van der Waals surface area contributed by atoms with Crippen LogP contribution in [0.5, 0.6) is 0 Å². The first-order valence-electron chi connectivity index (χ1n) is 7.67. The Labute approximate surface area is 132 Å². The van der Waals surface area contributed by atoms with Crippen molar-refractivity contribution in [1.82, 2.24) is 30.3 Å². The van der Waals surface area contributed by atoms with Crippen LogP contribution in [0.1, 0.15) is 26.1 Å². The maximum atomic E-state index is 11.6. The maximum absolute atomic E-state index is 11.6. The molecule has 1 heterocycles. The van der Waals surface area contributed by atoms with E-state index < -0.39 is 0 Å². The minimum atomic E-state index is -0.0234. The average molecular weight is 309 g/mol. The Morgan fingerprint density at radius 2 is 2.05 bits per heavy atom. The number of amides is 1. The summed E-state index contributed by atoms with van der Waals surface area (Å²) in [6, 6.07) is 0. The molecule has 0 spiro atoms. The van der Waals surface area contributed by atoms with Crippen LogP contribution in [0.2, 0.25) is 0 Å². The summed E-state index contributed by atoms with van der Waals surface area (Å²) < 4.78 is 2.01. The molecule has 22 heavy (non-hydrogen) atoms. The van der Waals surface area contributed by atoms with Crippen LogP contribution in [0.4, 0.5) is 0 Å². The molecular weight excluding hydrogens is 282 g/mol. The number of guanidine groups is 1. The van der Waals surface area contributed by atoms with E-state index in [1.54, 1.807) is 20.4 Å². The van der Waals surface area contributed by atoms with Gasteiger partial charge in [-0.2, -0.15) is 0 Å². The lowest BCUT2D eigenvalue weighted by Gasteiger charge is -2.13. The molecule has 1 aromatic heterocycles. The molecule has 8 nitrogen and oxygen atoms in total. The van der Waals surface area contributed by atoms with Crippen LogP contribution >= 0.6 is 0 Å². The summed E-state index contributed by atoms with van der Waals surface area (Å²) in [5, 5.41) is 14.4. The van der Waals surface area contributed by atoms with Gasteiger partial charge in [-0.25, -0.2) is 4.99 Å². The molecule has 1 aromatic rings. The van der Waals surface area contributed by atoms with Crippen LogP contribution in [0.3, 0.4) is 0 Å². The Kier molecular flexibility index (Phi) is 7.95. The van der Waals surface area contributed by atoms with Gasteiger partial charge < -0.3 is 20.1 Å². The largest absolute Gasteiger partial charge is 0.356 e. The highest BCUT2D eigenvalue weighted by atomic mass is 16.2. The van der Waals surface area contributed by atoms with E-state index in [2.05, 4.69) is 39.7 Å².